The largest absolute Gasteiger partial charge is 0.486 e. The van der Waals surface area contributed by atoms with Gasteiger partial charge in [-0.1, -0.05) is 6.07 Å². The Morgan fingerprint density at radius 3 is 2.59 bits per heavy atom. The molecule has 0 fully saturated rings. The van der Waals surface area contributed by atoms with Crippen molar-refractivity contribution in [3.8, 4) is 21.9 Å². The summed E-state index contributed by atoms with van der Waals surface area (Å²) >= 11 is 1.37. The van der Waals surface area contributed by atoms with Gasteiger partial charge in [0.1, 0.15) is 13.2 Å². The van der Waals surface area contributed by atoms with Crippen LogP contribution in [0.15, 0.2) is 54.6 Å². The van der Waals surface area contributed by atoms with E-state index in [1.165, 1.54) is 11.3 Å². The minimum atomic E-state index is -0.539. The minimum Gasteiger partial charge on any atom is -0.486 e. The fourth-order valence-electron chi connectivity index (χ4n) is 2.75. The van der Waals surface area contributed by atoms with E-state index in [9.17, 15) is 9.59 Å². The predicted molar refractivity (Wildman–Crippen MR) is 104 cm³/mol. The van der Waals surface area contributed by atoms with Crippen molar-refractivity contribution < 1.29 is 19.1 Å². The van der Waals surface area contributed by atoms with Crippen LogP contribution in [0, 0.1) is 0 Å². The lowest BCUT2D eigenvalue weighted by molar-refractivity contribution is 0.0996. The van der Waals surface area contributed by atoms with Crippen molar-refractivity contribution in [3.63, 3.8) is 0 Å². The van der Waals surface area contributed by atoms with Crippen LogP contribution in [0.5, 0.6) is 11.5 Å². The lowest BCUT2D eigenvalue weighted by Crippen LogP contribution is -2.15. The number of primary amides is 1. The van der Waals surface area contributed by atoms with Gasteiger partial charge in [0.05, 0.1) is 4.88 Å². The number of rotatable bonds is 4. The molecule has 0 unspecified atom stereocenters. The average molecular weight is 380 g/mol. The zero-order valence-electron chi connectivity index (χ0n) is 14.2. The van der Waals surface area contributed by atoms with Crippen LogP contribution in [0.2, 0.25) is 0 Å². The summed E-state index contributed by atoms with van der Waals surface area (Å²) in [6.07, 6.45) is 0. The van der Waals surface area contributed by atoms with E-state index in [4.69, 9.17) is 15.2 Å². The maximum atomic E-state index is 12.5. The van der Waals surface area contributed by atoms with E-state index in [2.05, 4.69) is 5.32 Å². The fourth-order valence-corrected chi connectivity index (χ4v) is 3.65. The summed E-state index contributed by atoms with van der Waals surface area (Å²) in [6.45, 7) is 1.07. The number of benzene rings is 2. The molecular formula is C20H16N2O4S. The third-order valence-corrected chi connectivity index (χ3v) is 5.19. The molecular weight excluding hydrogens is 364 g/mol. The zero-order valence-corrected chi connectivity index (χ0v) is 15.0. The number of nitrogens with one attached hydrogen (secondary N) is 1. The van der Waals surface area contributed by atoms with Crippen LogP contribution in [-0.4, -0.2) is 25.0 Å². The van der Waals surface area contributed by atoms with E-state index >= 15 is 0 Å². The van der Waals surface area contributed by atoms with Crippen LogP contribution in [-0.2, 0) is 0 Å². The molecule has 6 nitrogen and oxygen atoms in total. The van der Waals surface area contributed by atoms with Gasteiger partial charge in [-0.15, -0.1) is 11.3 Å². The summed E-state index contributed by atoms with van der Waals surface area (Å²) in [6, 6.07) is 15.9. The first kappa shape index (κ1) is 17.1. The van der Waals surface area contributed by atoms with E-state index in [0.29, 0.717) is 35.1 Å². The molecule has 27 heavy (non-hydrogen) atoms. The number of ether oxygens (including phenoxy) is 2. The van der Waals surface area contributed by atoms with Gasteiger partial charge in [-0.05, 0) is 54.1 Å². The van der Waals surface area contributed by atoms with E-state index in [0.717, 1.165) is 16.2 Å². The van der Waals surface area contributed by atoms with Gasteiger partial charge in [0.15, 0.2) is 11.5 Å². The standard InChI is InChI=1S/C20H16N2O4S/c21-19(23)13-2-1-3-14(10-13)22-20(24)18-7-6-17(27-18)12-4-5-15-16(11-12)26-9-8-25-15/h1-7,10-11H,8-9H2,(H2,21,23)(H,22,24). The summed E-state index contributed by atoms with van der Waals surface area (Å²) in [7, 11) is 0. The van der Waals surface area contributed by atoms with Crippen molar-refractivity contribution in [3.05, 3.63) is 65.0 Å². The van der Waals surface area contributed by atoms with Gasteiger partial charge in [0.2, 0.25) is 5.91 Å². The summed E-state index contributed by atoms with van der Waals surface area (Å²) in [5.74, 6) is 0.656. The molecule has 0 saturated heterocycles. The first-order valence-electron chi connectivity index (χ1n) is 8.31. The highest BCUT2D eigenvalue weighted by atomic mass is 32.1. The van der Waals surface area contributed by atoms with Gasteiger partial charge in [-0.2, -0.15) is 0 Å². The van der Waals surface area contributed by atoms with Crippen molar-refractivity contribution in [2.45, 2.75) is 0 Å². The second kappa shape index (κ2) is 7.13. The number of carbonyl (C=O) groups excluding carboxylic acids is 2. The Morgan fingerprint density at radius 2 is 1.78 bits per heavy atom. The van der Waals surface area contributed by atoms with Crippen molar-refractivity contribution >= 4 is 28.8 Å². The van der Waals surface area contributed by atoms with Crippen molar-refractivity contribution in [2.75, 3.05) is 18.5 Å². The van der Waals surface area contributed by atoms with Crippen LogP contribution in [0.25, 0.3) is 10.4 Å². The quantitative estimate of drug-likeness (QED) is 0.724. The Balaban J connectivity index is 1.53. The highest BCUT2D eigenvalue weighted by molar-refractivity contribution is 7.17. The Hall–Kier alpha value is -3.32. The van der Waals surface area contributed by atoms with Crippen molar-refractivity contribution in [1.82, 2.24) is 0 Å². The van der Waals surface area contributed by atoms with Crippen LogP contribution in [0.1, 0.15) is 20.0 Å². The molecule has 3 N–H and O–H groups in total. The highest BCUT2D eigenvalue weighted by Gasteiger charge is 2.15. The van der Waals surface area contributed by atoms with Gasteiger partial charge in [-0.25, -0.2) is 0 Å². The molecule has 1 aliphatic heterocycles. The third kappa shape index (κ3) is 3.63. The van der Waals surface area contributed by atoms with Gasteiger partial charge < -0.3 is 20.5 Å². The second-order valence-corrected chi connectivity index (χ2v) is 7.01. The average Bonchev–Trinajstić information content (AvgIpc) is 3.18. The Bertz CT molecular complexity index is 1030. The molecule has 136 valence electrons. The van der Waals surface area contributed by atoms with Gasteiger partial charge in [-0.3, -0.25) is 9.59 Å². The summed E-state index contributed by atoms with van der Waals surface area (Å²) in [4.78, 5) is 25.3. The normalized spacial score (nSPS) is 12.4. The van der Waals surface area contributed by atoms with Crippen molar-refractivity contribution in [2.24, 2.45) is 5.73 Å². The number of hydrogen-bond donors (Lipinski definition) is 2. The number of carbonyl (C=O) groups is 2. The molecule has 0 saturated carbocycles. The van der Waals surface area contributed by atoms with E-state index in [1.807, 2.05) is 24.3 Å². The molecule has 2 amide bonds. The van der Waals surface area contributed by atoms with Gasteiger partial charge >= 0.3 is 0 Å². The molecule has 0 radical (unpaired) electrons. The number of amides is 2. The summed E-state index contributed by atoms with van der Waals surface area (Å²) < 4.78 is 11.1. The van der Waals surface area contributed by atoms with Gasteiger partial charge in [0, 0.05) is 16.1 Å². The molecule has 0 atom stereocenters. The molecule has 2 heterocycles. The lowest BCUT2D eigenvalue weighted by atomic mass is 10.1. The molecule has 0 aliphatic carbocycles. The van der Waals surface area contributed by atoms with E-state index < -0.39 is 5.91 Å². The highest BCUT2D eigenvalue weighted by Crippen LogP contribution is 2.37. The van der Waals surface area contributed by atoms with Crippen LogP contribution >= 0.6 is 11.3 Å². The Labute approximate surface area is 159 Å². The number of anilines is 1. The number of fused-ring (bicyclic) bond motifs is 1. The van der Waals surface area contributed by atoms with E-state index in [-0.39, 0.29) is 5.91 Å². The van der Waals surface area contributed by atoms with Gasteiger partial charge in [0.25, 0.3) is 5.91 Å². The smallest absolute Gasteiger partial charge is 0.265 e. The minimum absolute atomic E-state index is 0.245. The number of thiophene rings is 1. The van der Waals surface area contributed by atoms with Crippen LogP contribution < -0.4 is 20.5 Å². The summed E-state index contributed by atoms with van der Waals surface area (Å²) in [5.41, 5.74) is 7.09. The molecule has 1 aliphatic rings. The number of hydrogen-bond acceptors (Lipinski definition) is 5. The molecule has 0 spiro atoms. The van der Waals surface area contributed by atoms with E-state index in [1.54, 1.807) is 30.3 Å². The zero-order chi connectivity index (χ0) is 18.8. The Morgan fingerprint density at radius 1 is 0.963 bits per heavy atom. The monoisotopic (exact) mass is 380 g/mol. The van der Waals surface area contributed by atoms with Crippen LogP contribution in [0.4, 0.5) is 5.69 Å². The molecule has 0 bridgehead atoms. The topological polar surface area (TPSA) is 90.7 Å². The fraction of sp³-hybridized carbons (Fsp3) is 0.100. The molecule has 2 aromatic carbocycles. The lowest BCUT2D eigenvalue weighted by Gasteiger charge is -2.18. The SMILES string of the molecule is NC(=O)c1cccc(NC(=O)c2ccc(-c3ccc4c(c3)OCCO4)s2)c1. The summed E-state index contributed by atoms with van der Waals surface area (Å²) in [5, 5.41) is 2.79. The maximum absolute atomic E-state index is 12.5. The van der Waals surface area contributed by atoms with Crippen LogP contribution in [0.3, 0.4) is 0 Å². The first-order chi connectivity index (χ1) is 13.1. The first-order valence-corrected chi connectivity index (χ1v) is 9.13. The molecule has 4 rings (SSSR count). The number of nitrogens with two attached hydrogens (primary N) is 1. The third-order valence-electron chi connectivity index (χ3n) is 4.06. The predicted octanol–water partition coefficient (Wildman–Crippen LogP) is 3.54. The molecule has 3 aromatic rings. The second-order valence-electron chi connectivity index (χ2n) is 5.92. The molecule has 7 heteroatoms. The maximum Gasteiger partial charge on any atom is 0.265 e. The molecule has 1 aromatic heterocycles. The van der Waals surface area contributed by atoms with Crippen molar-refractivity contribution in [1.29, 1.82) is 0 Å². The Kier molecular flexibility index (Phi) is 4.52.